The minimum Gasteiger partial charge on any atom is -0.491 e. The van der Waals surface area contributed by atoms with Crippen LogP contribution < -0.4 is 15.4 Å². The average Bonchev–Trinajstić information content (AvgIpc) is 2.67. The Morgan fingerprint density at radius 2 is 1.89 bits per heavy atom. The van der Waals surface area contributed by atoms with E-state index in [4.69, 9.17) is 21.7 Å². The fourth-order valence-electron chi connectivity index (χ4n) is 2.61. The summed E-state index contributed by atoms with van der Waals surface area (Å²) in [6.45, 7) is 7.62. The monoisotopic (exact) mass is 386 g/mol. The summed E-state index contributed by atoms with van der Waals surface area (Å²) in [5.41, 5.74) is 3.65. The molecule has 144 valence electrons. The summed E-state index contributed by atoms with van der Waals surface area (Å²) in [4.78, 5) is 12.5. The van der Waals surface area contributed by atoms with Crippen molar-refractivity contribution in [3.8, 4) is 5.75 Å². The number of hydrogen-bond acceptors (Lipinski definition) is 4. The topological polar surface area (TPSA) is 59.6 Å². The second-order valence-corrected chi connectivity index (χ2v) is 6.35. The van der Waals surface area contributed by atoms with Gasteiger partial charge in [0.25, 0.3) is 5.91 Å². The largest absolute Gasteiger partial charge is 0.491 e. The van der Waals surface area contributed by atoms with E-state index in [-0.39, 0.29) is 11.0 Å². The Balaban J connectivity index is 1.98. The minimum absolute atomic E-state index is 0.270. The van der Waals surface area contributed by atoms with E-state index in [1.54, 1.807) is 24.3 Å². The predicted octanol–water partition coefficient (Wildman–Crippen LogP) is 4.10. The molecule has 0 atom stereocenters. The van der Waals surface area contributed by atoms with Crippen LogP contribution in [0.15, 0.2) is 42.5 Å². The molecular formula is C21H26N2O3S. The lowest BCUT2D eigenvalue weighted by Gasteiger charge is -2.15. The van der Waals surface area contributed by atoms with Crippen LogP contribution in [-0.4, -0.2) is 30.8 Å². The first kappa shape index (κ1) is 20.9. The van der Waals surface area contributed by atoms with Gasteiger partial charge in [0.05, 0.1) is 6.61 Å². The summed E-state index contributed by atoms with van der Waals surface area (Å²) in [5.74, 6) is 0.336. The van der Waals surface area contributed by atoms with Crippen molar-refractivity contribution in [3.63, 3.8) is 0 Å². The van der Waals surface area contributed by atoms with E-state index < -0.39 is 0 Å². The first-order chi connectivity index (χ1) is 13.0. The molecule has 0 heterocycles. The van der Waals surface area contributed by atoms with Crippen molar-refractivity contribution < 1.29 is 14.3 Å². The number of anilines is 1. The number of thiocarbonyl (C=S) groups is 1. The van der Waals surface area contributed by atoms with Gasteiger partial charge in [-0.15, -0.1) is 0 Å². The van der Waals surface area contributed by atoms with Crippen LogP contribution in [0, 0.1) is 6.92 Å². The molecular weight excluding hydrogens is 360 g/mol. The number of carbonyl (C=O) groups is 1. The summed E-state index contributed by atoms with van der Waals surface area (Å²) >= 11 is 5.32. The lowest BCUT2D eigenvalue weighted by atomic mass is 10.1. The van der Waals surface area contributed by atoms with Crippen LogP contribution in [0.3, 0.4) is 0 Å². The van der Waals surface area contributed by atoms with Crippen molar-refractivity contribution >= 4 is 28.9 Å². The third kappa shape index (κ3) is 6.34. The summed E-state index contributed by atoms with van der Waals surface area (Å²) in [6, 6.07) is 13.1. The zero-order valence-electron chi connectivity index (χ0n) is 16.0. The fourth-order valence-corrected chi connectivity index (χ4v) is 2.81. The zero-order chi connectivity index (χ0) is 19.6. The first-order valence-corrected chi connectivity index (χ1v) is 9.47. The predicted molar refractivity (Wildman–Crippen MR) is 113 cm³/mol. The summed E-state index contributed by atoms with van der Waals surface area (Å²) in [5, 5.41) is 6.14. The van der Waals surface area contributed by atoms with Gasteiger partial charge in [-0.25, -0.2) is 0 Å². The number of aryl methyl sites for hydroxylation is 2. The minimum atomic E-state index is -0.283. The Morgan fingerprint density at radius 1 is 1.11 bits per heavy atom. The van der Waals surface area contributed by atoms with Crippen molar-refractivity contribution in [2.24, 2.45) is 0 Å². The number of rotatable bonds is 8. The van der Waals surface area contributed by atoms with Crippen LogP contribution in [0.1, 0.15) is 35.3 Å². The van der Waals surface area contributed by atoms with Crippen LogP contribution in [0.25, 0.3) is 0 Å². The molecule has 0 fully saturated rings. The zero-order valence-corrected chi connectivity index (χ0v) is 16.8. The maximum Gasteiger partial charge on any atom is 0.257 e. The van der Waals surface area contributed by atoms with Crippen molar-refractivity contribution in [3.05, 3.63) is 59.2 Å². The van der Waals surface area contributed by atoms with E-state index in [0.29, 0.717) is 31.1 Å². The van der Waals surface area contributed by atoms with Gasteiger partial charge in [0.1, 0.15) is 12.4 Å². The molecule has 0 aliphatic heterocycles. The van der Waals surface area contributed by atoms with Gasteiger partial charge in [0.15, 0.2) is 5.11 Å². The highest BCUT2D eigenvalue weighted by Crippen LogP contribution is 2.21. The van der Waals surface area contributed by atoms with E-state index in [1.165, 1.54) is 0 Å². The van der Waals surface area contributed by atoms with Crippen LogP contribution in [0.4, 0.5) is 5.69 Å². The van der Waals surface area contributed by atoms with E-state index in [2.05, 4.69) is 17.6 Å². The normalized spacial score (nSPS) is 10.3. The number of ether oxygens (including phenoxy) is 2. The molecule has 2 aromatic rings. The molecule has 0 aromatic heterocycles. The SMILES string of the molecule is CCOCCOc1cccc(C(=O)NC(=S)Nc2c(C)cccc2CC)c1. The molecule has 1 amide bonds. The van der Waals surface area contributed by atoms with Crippen molar-refractivity contribution in [2.75, 3.05) is 25.1 Å². The third-order valence-electron chi connectivity index (χ3n) is 4.00. The molecule has 0 unspecified atom stereocenters. The Bertz CT molecular complexity index is 793. The van der Waals surface area contributed by atoms with Gasteiger partial charge in [0, 0.05) is 17.9 Å². The maximum atomic E-state index is 12.5. The number of carbonyl (C=O) groups excluding carboxylic acids is 1. The van der Waals surface area contributed by atoms with Gasteiger partial charge in [-0.3, -0.25) is 10.1 Å². The van der Waals surface area contributed by atoms with Crippen molar-refractivity contribution in [1.29, 1.82) is 0 Å². The van der Waals surface area contributed by atoms with Crippen LogP contribution in [0.2, 0.25) is 0 Å². The molecule has 0 saturated carbocycles. The second kappa shape index (κ2) is 10.6. The lowest BCUT2D eigenvalue weighted by molar-refractivity contribution is 0.0976. The van der Waals surface area contributed by atoms with Gasteiger partial charge in [0.2, 0.25) is 0 Å². The maximum absolute atomic E-state index is 12.5. The highest BCUT2D eigenvalue weighted by Gasteiger charge is 2.11. The molecule has 2 rings (SSSR count). The molecule has 2 aromatic carbocycles. The van der Waals surface area contributed by atoms with Crippen LogP contribution in [-0.2, 0) is 11.2 Å². The highest BCUT2D eigenvalue weighted by atomic mass is 32.1. The van der Waals surface area contributed by atoms with Crippen molar-refractivity contribution in [1.82, 2.24) is 5.32 Å². The summed E-state index contributed by atoms with van der Waals surface area (Å²) < 4.78 is 10.8. The molecule has 0 radical (unpaired) electrons. The number of hydrogen-bond donors (Lipinski definition) is 2. The standard InChI is InChI=1S/C21H26N2O3S/c1-4-16-9-6-8-15(3)19(16)22-21(27)23-20(24)17-10-7-11-18(14-17)26-13-12-25-5-2/h6-11,14H,4-5,12-13H2,1-3H3,(H2,22,23,24,27). The molecule has 5 nitrogen and oxygen atoms in total. The molecule has 0 spiro atoms. The Kier molecular flexibility index (Phi) is 8.23. The quantitative estimate of drug-likeness (QED) is 0.528. The van der Waals surface area contributed by atoms with Crippen molar-refractivity contribution in [2.45, 2.75) is 27.2 Å². The van der Waals surface area contributed by atoms with Gasteiger partial charge < -0.3 is 14.8 Å². The average molecular weight is 387 g/mol. The smallest absolute Gasteiger partial charge is 0.257 e. The van der Waals surface area contributed by atoms with E-state index >= 15 is 0 Å². The highest BCUT2D eigenvalue weighted by molar-refractivity contribution is 7.80. The molecule has 0 aliphatic carbocycles. The van der Waals surface area contributed by atoms with E-state index in [1.807, 2.05) is 32.0 Å². The van der Waals surface area contributed by atoms with Crippen LogP contribution >= 0.6 is 12.2 Å². The Morgan fingerprint density at radius 3 is 2.63 bits per heavy atom. The molecule has 27 heavy (non-hydrogen) atoms. The number of para-hydroxylation sites is 1. The van der Waals surface area contributed by atoms with E-state index in [9.17, 15) is 4.79 Å². The first-order valence-electron chi connectivity index (χ1n) is 9.06. The van der Waals surface area contributed by atoms with Gasteiger partial charge >= 0.3 is 0 Å². The number of benzene rings is 2. The van der Waals surface area contributed by atoms with Gasteiger partial charge in [-0.1, -0.05) is 31.2 Å². The van der Waals surface area contributed by atoms with Gasteiger partial charge in [-0.05, 0) is 61.8 Å². The molecule has 2 N–H and O–H groups in total. The number of amides is 1. The fraction of sp³-hybridized carbons (Fsp3) is 0.333. The summed E-state index contributed by atoms with van der Waals surface area (Å²) in [6.07, 6.45) is 0.877. The van der Waals surface area contributed by atoms with Gasteiger partial charge in [-0.2, -0.15) is 0 Å². The van der Waals surface area contributed by atoms with E-state index in [0.717, 1.165) is 23.2 Å². The third-order valence-corrected chi connectivity index (χ3v) is 4.21. The second-order valence-electron chi connectivity index (χ2n) is 5.94. The Hall–Kier alpha value is -2.44. The lowest BCUT2D eigenvalue weighted by Crippen LogP contribution is -2.34. The molecule has 0 saturated heterocycles. The molecule has 0 bridgehead atoms. The molecule has 0 aliphatic rings. The Labute approximate surface area is 166 Å². The summed E-state index contributed by atoms with van der Waals surface area (Å²) in [7, 11) is 0. The molecule has 6 heteroatoms. The van der Waals surface area contributed by atoms with Crippen LogP contribution in [0.5, 0.6) is 5.75 Å². The number of nitrogens with one attached hydrogen (secondary N) is 2.